The number of ether oxygens (including phenoxy) is 2. The molecule has 0 atom stereocenters. The normalized spacial score (nSPS) is 10.9. The summed E-state index contributed by atoms with van der Waals surface area (Å²) in [6.45, 7) is 1.94. The summed E-state index contributed by atoms with van der Waals surface area (Å²) in [5, 5.41) is 7.32. The minimum atomic E-state index is -0.707. The number of hydrogen-bond acceptors (Lipinski definition) is 7. The van der Waals surface area contributed by atoms with Gasteiger partial charge in [0.15, 0.2) is 0 Å². The van der Waals surface area contributed by atoms with Gasteiger partial charge in [0.05, 0.1) is 16.8 Å². The van der Waals surface area contributed by atoms with Gasteiger partial charge in [0.2, 0.25) is 0 Å². The van der Waals surface area contributed by atoms with Crippen molar-refractivity contribution in [2.75, 3.05) is 5.32 Å². The highest BCUT2D eigenvalue weighted by Gasteiger charge is 2.15. The second-order valence-electron chi connectivity index (χ2n) is 10.4. The summed E-state index contributed by atoms with van der Waals surface area (Å²) in [6.07, 6.45) is 3.98. The van der Waals surface area contributed by atoms with Crippen LogP contribution in [0.2, 0.25) is 10.0 Å². The number of nitrogens with one attached hydrogen (secondary N) is 2. The van der Waals surface area contributed by atoms with Crippen molar-refractivity contribution in [2.24, 2.45) is 5.10 Å². The van der Waals surface area contributed by atoms with E-state index in [1.807, 2.05) is 19.1 Å². The van der Waals surface area contributed by atoms with E-state index < -0.39 is 17.8 Å². The molecule has 5 aromatic rings. The van der Waals surface area contributed by atoms with Gasteiger partial charge in [-0.15, -0.1) is 0 Å². The number of benzene rings is 5. The lowest BCUT2D eigenvalue weighted by molar-refractivity contribution is -0.128. The lowest BCUT2D eigenvalue weighted by atomic mass is 10.1. The first-order valence-electron chi connectivity index (χ1n) is 14.7. The van der Waals surface area contributed by atoms with Crippen molar-refractivity contribution in [1.29, 1.82) is 0 Å². The number of rotatable bonds is 10. The molecule has 0 heterocycles. The summed E-state index contributed by atoms with van der Waals surface area (Å²) >= 11 is 12.1. The Bertz CT molecular complexity index is 2080. The third kappa shape index (κ3) is 9.51. The summed E-state index contributed by atoms with van der Waals surface area (Å²) in [7, 11) is 0. The fourth-order valence-corrected chi connectivity index (χ4v) is 4.83. The maximum Gasteiger partial charge on any atom is 0.345 e. The smallest absolute Gasteiger partial charge is 0.345 e. The minimum absolute atomic E-state index is 0.135. The van der Waals surface area contributed by atoms with Crippen LogP contribution in [0.5, 0.6) is 11.5 Å². The number of amides is 2. The van der Waals surface area contributed by atoms with Gasteiger partial charge in [-0.05, 0) is 85.8 Å². The van der Waals surface area contributed by atoms with Gasteiger partial charge >= 0.3 is 11.9 Å². The average Bonchev–Trinajstić information content (AvgIpc) is 3.09. The van der Waals surface area contributed by atoms with E-state index in [1.54, 1.807) is 84.9 Å². The molecule has 2 N–H and O–H groups in total. The van der Waals surface area contributed by atoms with Crippen LogP contribution >= 0.6 is 23.2 Å². The molecule has 0 bridgehead atoms. The van der Waals surface area contributed by atoms with Crippen LogP contribution in [0.25, 0.3) is 6.08 Å². The molecular weight excluding hydrogens is 665 g/mol. The third-order valence-corrected chi connectivity index (χ3v) is 7.44. The van der Waals surface area contributed by atoms with Crippen LogP contribution in [0, 0.1) is 6.92 Å². The molecule has 49 heavy (non-hydrogen) atoms. The van der Waals surface area contributed by atoms with E-state index >= 15 is 0 Å². The first-order valence-corrected chi connectivity index (χ1v) is 15.5. The van der Waals surface area contributed by atoms with Crippen molar-refractivity contribution in [2.45, 2.75) is 6.92 Å². The third-order valence-electron chi connectivity index (χ3n) is 6.89. The number of nitrogens with zero attached hydrogens (tertiary/aromatic N) is 1. The molecule has 0 aliphatic carbocycles. The molecule has 0 saturated carbocycles. The molecule has 2 amide bonds. The molecule has 0 saturated heterocycles. The highest BCUT2D eigenvalue weighted by molar-refractivity contribution is 6.36. The molecule has 0 aliphatic heterocycles. The van der Waals surface area contributed by atoms with Gasteiger partial charge in [0, 0.05) is 39.0 Å². The van der Waals surface area contributed by atoms with E-state index in [1.165, 1.54) is 36.6 Å². The van der Waals surface area contributed by atoms with Crippen LogP contribution in [0.15, 0.2) is 126 Å². The first kappa shape index (κ1) is 34.3. The van der Waals surface area contributed by atoms with Crippen molar-refractivity contribution in [3.63, 3.8) is 0 Å². The Hall–Kier alpha value is -6.03. The van der Waals surface area contributed by atoms with Crippen molar-refractivity contribution in [3.05, 3.63) is 165 Å². The van der Waals surface area contributed by atoms with Gasteiger partial charge < -0.3 is 14.8 Å². The molecule has 0 unspecified atom stereocenters. The molecule has 5 aromatic carbocycles. The zero-order valence-electron chi connectivity index (χ0n) is 25.9. The second kappa shape index (κ2) is 16.2. The Morgan fingerprint density at radius 2 is 1.31 bits per heavy atom. The standard InChI is InChI=1S/C38H27Cl2N3O6/c1-24-10-12-26(13-11-24)36(45)42-30-18-14-27(15-19-30)37(46)43-41-23-28-7-3-5-9-34(28)48-35(44)21-16-25-6-2-4-8-33(25)49-38(47)31-20-17-29(39)22-32(31)40/h2-23H,1H3,(H,42,45)(H,43,46)/b21-16+,41-23+. The summed E-state index contributed by atoms with van der Waals surface area (Å²) in [6, 6.07) is 31.2. The predicted molar refractivity (Wildman–Crippen MR) is 190 cm³/mol. The zero-order chi connectivity index (χ0) is 34.8. The first-order chi connectivity index (χ1) is 23.7. The zero-order valence-corrected chi connectivity index (χ0v) is 27.4. The highest BCUT2D eigenvalue weighted by atomic mass is 35.5. The Morgan fingerprint density at radius 1 is 0.694 bits per heavy atom. The predicted octanol–water partition coefficient (Wildman–Crippen LogP) is 8.16. The maximum atomic E-state index is 12.7. The Kier molecular flexibility index (Phi) is 11.3. The Labute approximate surface area is 291 Å². The number of para-hydroxylation sites is 2. The molecule has 11 heteroatoms. The summed E-state index contributed by atoms with van der Waals surface area (Å²) in [4.78, 5) is 50.6. The van der Waals surface area contributed by atoms with Crippen molar-refractivity contribution in [1.82, 2.24) is 5.43 Å². The van der Waals surface area contributed by atoms with Crippen LogP contribution in [-0.2, 0) is 4.79 Å². The molecule has 5 rings (SSSR count). The summed E-state index contributed by atoms with van der Waals surface area (Å²) < 4.78 is 11.0. The molecule has 0 aliphatic rings. The Morgan fingerprint density at radius 3 is 2.00 bits per heavy atom. The average molecular weight is 693 g/mol. The van der Waals surface area contributed by atoms with Gasteiger partial charge in [-0.1, -0.05) is 71.2 Å². The van der Waals surface area contributed by atoms with Crippen molar-refractivity contribution >= 4 is 64.9 Å². The number of carbonyl (C=O) groups is 4. The lowest BCUT2D eigenvalue weighted by Gasteiger charge is -2.09. The molecule has 0 fully saturated rings. The minimum Gasteiger partial charge on any atom is -0.423 e. The largest absolute Gasteiger partial charge is 0.423 e. The number of hydrazone groups is 1. The maximum absolute atomic E-state index is 12.7. The van der Waals surface area contributed by atoms with Crippen molar-refractivity contribution in [3.8, 4) is 11.5 Å². The molecular formula is C38H27Cl2N3O6. The topological polar surface area (TPSA) is 123 Å². The number of halogens is 2. The molecule has 0 radical (unpaired) electrons. The second-order valence-corrected chi connectivity index (χ2v) is 11.3. The number of hydrogen-bond donors (Lipinski definition) is 2. The lowest BCUT2D eigenvalue weighted by Crippen LogP contribution is -2.18. The van der Waals surface area contributed by atoms with Gasteiger partial charge in [-0.2, -0.15) is 5.10 Å². The van der Waals surface area contributed by atoms with Crippen LogP contribution in [0.3, 0.4) is 0 Å². The summed E-state index contributed by atoms with van der Waals surface area (Å²) in [5.74, 6) is -1.75. The van der Waals surface area contributed by atoms with Crippen LogP contribution in [-0.4, -0.2) is 30.0 Å². The van der Waals surface area contributed by atoms with Crippen LogP contribution in [0.4, 0.5) is 5.69 Å². The molecule has 244 valence electrons. The SMILES string of the molecule is Cc1ccc(C(=O)Nc2ccc(C(=O)N/N=C/c3ccccc3OC(=O)/C=C/c3ccccc3OC(=O)c3ccc(Cl)cc3Cl)cc2)cc1. The van der Waals surface area contributed by atoms with E-state index in [0.717, 1.165) is 5.56 Å². The van der Waals surface area contributed by atoms with Crippen LogP contribution < -0.4 is 20.2 Å². The van der Waals surface area contributed by atoms with Gasteiger partial charge in [-0.25, -0.2) is 15.0 Å². The van der Waals surface area contributed by atoms with Gasteiger partial charge in [0.1, 0.15) is 11.5 Å². The molecule has 9 nitrogen and oxygen atoms in total. The summed E-state index contributed by atoms with van der Waals surface area (Å²) in [5.41, 5.74) is 5.86. The Balaban J connectivity index is 1.17. The van der Waals surface area contributed by atoms with Gasteiger partial charge in [-0.3, -0.25) is 9.59 Å². The fourth-order valence-electron chi connectivity index (χ4n) is 4.34. The fraction of sp³-hybridized carbons (Fsp3) is 0.0263. The van der Waals surface area contributed by atoms with E-state index in [9.17, 15) is 19.2 Å². The van der Waals surface area contributed by atoms with E-state index in [0.29, 0.717) is 33.0 Å². The van der Waals surface area contributed by atoms with E-state index in [-0.39, 0.29) is 28.0 Å². The number of esters is 2. The molecule has 0 spiro atoms. The molecule has 0 aromatic heterocycles. The monoisotopic (exact) mass is 691 g/mol. The number of anilines is 1. The van der Waals surface area contributed by atoms with E-state index in [2.05, 4.69) is 15.8 Å². The number of aryl methyl sites for hydroxylation is 1. The quantitative estimate of drug-likeness (QED) is 0.0501. The highest BCUT2D eigenvalue weighted by Crippen LogP contribution is 2.25. The number of carbonyl (C=O) groups excluding carboxylic acids is 4. The van der Waals surface area contributed by atoms with Crippen LogP contribution in [0.1, 0.15) is 47.8 Å². The van der Waals surface area contributed by atoms with Crippen molar-refractivity contribution < 1.29 is 28.7 Å². The van der Waals surface area contributed by atoms with Gasteiger partial charge in [0.25, 0.3) is 11.8 Å². The van der Waals surface area contributed by atoms with E-state index in [4.69, 9.17) is 32.7 Å².